The number of anilines is 1. The molecular weight excluding hydrogens is 623 g/mol. The fourth-order valence-corrected chi connectivity index (χ4v) is 6.27. The number of aliphatic hydroxyl groups is 1. The van der Waals surface area contributed by atoms with Crippen molar-refractivity contribution >= 4 is 50.1 Å². The van der Waals surface area contributed by atoms with Crippen LogP contribution in [0.1, 0.15) is 41.4 Å². The van der Waals surface area contributed by atoms with E-state index in [9.17, 15) is 27.9 Å². The number of fused-ring (bicyclic) bond motifs is 2. The van der Waals surface area contributed by atoms with Gasteiger partial charge in [0.1, 0.15) is 40.4 Å². The van der Waals surface area contributed by atoms with Crippen LogP contribution in [-0.2, 0) is 15.8 Å². The molecule has 1 fully saturated rings. The number of ether oxygens (including phenoxy) is 2. The Bertz CT molecular complexity index is 1840. The Balaban J connectivity index is 1.39. The van der Waals surface area contributed by atoms with Crippen molar-refractivity contribution in [3.05, 3.63) is 64.1 Å². The zero-order valence-electron chi connectivity index (χ0n) is 23.0. The van der Waals surface area contributed by atoms with Crippen LogP contribution in [0.3, 0.4) is 0 Å². The molecule has 6 N–H and O–H groups in total. The van der Waals surface area contributed by atoms with Crippen molar-refractivity contribution in [2.45, 2.75) is 37.4 Å². The highest BCUT2D eigenvalue weighted by atomic mass is 35.5. The number of carbonyl (C=O) groups excluding carboxylic acids is 2. The lowest BCUT2D eigenvalue weighted by molar-refractivity contribution is -0.123. The fourth-order valence-electron chi connectivity index (χ4n) is 5.30. The predicted octanol–water partition coefficient (Wildman–Crippen LogP) is 4.50. The van der Waals surface area contributed by atoms with Crippen LogP contribution in [0.25, 0.3) is 21.5 Å². The third kappa shape index (κ3) is 5.16. The highest BCUT2D eigenvalue weighted by Gasteiger charge is 2.50. The number of carbonyl (C=O) groups is 2. The highest BCUT2D eigenvalue weighted by Crippen LogP contribution is 2.50. The molecule has 2 aliphatic rings. The predicted molar refractivity (Wildman–Crippen MR) is 156 cm³/mol. The molecule has 15 heteroatoms. The molecule has 1 aliphatic heterocycles. The lowest BCUT2D eigenvalue weighted by atomic mass is 9.81. The van der Waals surface area contributed by atoms with E-state index in [-0.39, 0.29) is 63.2 Å². The van der Waals surface area contributed by atoms with E-state index in [4.69, 9.17) is 32.8 Å². The number of thiazole rings is 1. The van der Waals surface area contributed by atoms with Crippen LogP contribution < -0.4 is 26.3 Å². The Morgan fingerprint density at radius 1 is 1.27 bits per heavy atom. The van der Waals surface area contributed by atoms with Crippen molar-refractivity contribution in [2.24, 2.45) is 11.7 Å². The summed E-state index contributed by atoms with van der Waals surface area (Å²) >= 11 is 7.05. The Hall–Kier alpha value is -4.14. The van der Waals surface area contributed by atoms with Crippen molar-refractivity contribution in [3.8, 4) is 22.8 Å². The fraction of sp³-hybridized carbons (Fsp3) is 0.310. The number of amides is 2. The van der Waals surface area contributed by atoms with Gasteiger partial charge in [0.05, 0.1) is 22.0 Å². The highest BCUT2D eigenvalue weighted by molar-refractivity contribution is 7.22. The number of aromatic nitrogens is 2. The number of benzene rings is 2. The Kier molecular flexibility index (Phi) is 7.33. The van der Waals surface area contributed by atoms with Gasteiger partial charge in [0.2, 0.25) is 5.91 Å². The van der Waals surface area contributed by atoms with E-state index in [0.717, 1.165) is 23.5 Å². The molecule has 2 aromatic carbocycles. The molecule has 2 aromatic heterocycles. The van der Waals surface area contributed by atoms with Crippen LogP contribution in [0.2, 0.25) is 5.02 Å². The molecule has 44 heavy (non-hydrogen) atoms. The van der Waals surface area contributed by atoms with Gasteiger partial charge in [-0.1, -0.05) is 22.9 Å². The first-order valence-electron chi connectivity index (χ1n) is 13.4. The number of pyridine rings is 1. The number of rotatable bonds is 9. The molecule has 6 rings (SSSR count). The van der Waals surface area contributed by atoms with Crippen molar-refractivity contribution in [1.29, 1.82) is 0 Å². The first-order chi connectivity index (χ1) is 20.8. The molecule has 2 atom stereocenters. The third-order valence-corrected chi connectivity index (χ3v) is 9.10. The monoisotopic (exact) mass is 647 g/mol. The van der Waals surface area contributed by atoms with E-state index < -0.39 is 35.3 Å². The Morgan fingerprint density at radius 2 is 2.02 bits per heavy atom. The lowest BCUT2D eigenvalue weighted by Crippen LogP contribution is -2.44. The summed E-state index contributed by atoms with van der Waals surface area (Å²) in [6, 6.07) is 8.05. The minimum Gasteiger partial charge on any atom is -0.489 e. The zero-order chi connectivity index (χ0) is 31.6. The summed E-state index contributed by atoms with van der Waals surface area (Å²) in [6.45, 7) is -1.97. The van der Waals surface area contributed by atoms with E-state index in [0.29, 0.717) is 28.7 Å². The maximum absolute atomic E-state index is 14.0. The second kappa shape index (κ2) is 10.8. The summed E-state index contributed by atoms with van der Waals surface area (Å²) < 4.78 is 51.0. The number of hydrogen-bond acceptors (Lipinski definition) is 9. The van der Waals surface area contributed by atoms with E-state index in [1.54, 1.807) is 6.92 Å². The third-order valence-electron chi connectivity index (χ3n) is 7.98. The normalized spacial score (nSPS) is 19.0. The maximum Gasteiger partial charge on any atom is 0.387 e. The van der Waals surface area contributed by atoms with Gasteiger partial charge in [0, 0.05) is 16.7 Å². The van der Waals surface area contributed by atoms with Crippen LogP contribution in [0.15, 0.2) is 36.4 Å². The van der Waals surface area contributed by atoms with Gasteiger partial charge in [-0.3, -0.25) is 9.59 Å². The molecule has 0 spiro atoms. The number of nitrogen functional groups attached to an aromatic ring is 1. The SMILES string of the molecule is C[C@]1(C(N)=O)COc2c1cc(C(O)(CNC(=O)c1cc(OC(F)F)c3nc(N)sc3c1)C1CC1)nc2-c1ccc(F)c(Cl)c1. The molecule has 1 saturated carbocycles. The van der Waals surface area contributed by atoms with Gasteiger partial charge in [-0.15, -0.1) is 0 Å². The molecule has 1 aliphatic carbocycles. The van der Waals surface area contributed by atoms with Gasteiger partial charge < -0.3 is 31.4 Å². The molecule has 3 heterocycles. The first-order valence-corrected chi connectivity index (χ1v) is 14.6. The summed E-state index contributed by atoms with van der Waals surface area (Å²) in [5, 5.41) is 14.7. The van der Waals surface area contributed by atoms with Gasteiger partial charge in [-0.2, -0.15) is 8.78 Å². The van der Waals surface area contributed by atoms with Crippen LogP contribution in [0, 0.1) is 11.7 Å². The average Bonchev–Trinajstić information content (AvgIpc) is 3.68. The Morgan fingerprint density at radius 3 is 2.68 bits per heavy atom. The zero-order valence-corrected chi connectivity index (χ0v) is 24.6. The van der Waals surface area contributed by atoms with Crippen molar-refractivity contribution in [2.75, 3.05) is 18.9 Å². The number of halogens is 4. The van der Waals surface area contributed by atoms with E-state index >= 15 is 0 Å². The van der Waals surface area contributed by atoms with E-state index in [2.05, 4.69) is 15.0 Å². The summed E-state index contributed by atoms with van der Waals surface area (Å²) in [6.07, 6.45) is 1.23. The summed E-state index contributed by atoms with van der Waals surface area (Å²) in [5.74, 6) is -2.40. The van der Waals surface area contributed by atoms with Crippen LogP contribution >= 0.6 is 22.9 Å². The molecular formula is C29H25ClF3N5O5S. The van der Waals surface area contributed by atoms with Gasteiger partial charge >= 0.3 is 6.61 Å². The van der Waals surface area contributed by atoms with Gasteiger partial charge in [0.15, 0.2) is 10.9 Å². The molecule has 2 amide bonds. The number of nitrogens with one attached hydrogen (secondary N) is 1. The number of alkyl halides is 2. The molecule has 1 unspecified atom stereocenters. The minimum absolute atomic E-state index is 0.0202. The lowest BCUT2D eigenvalue weighted by Gasteiger charge is -2.30. The van der Waals surface area contributed by atoms with Gasteiger partial charge in [-0.05, 0) is 62.1 Å². The Labute approximate surface area is 257 Å². The van der Waals surface area contributed by atoms with Crippen molar-refractivity contribution in [3.63, 3.8) is 0 Å². The quantitative estimate of drug-likeness (QED) is 0.206. The van der Waals surface area contributed by atoms with E-state index in [1.165, 1.54) is 24.3 Å². The molecule has 0 saturated heterocycles. The standard InChI is InChI=1S/C29H25ClF3N5O5S/c1-28(25(34)40)11-42-23-15(28)9-20(37-21(23)12-2-5-17(31)16(30)6-12)29(41,14-3-4-14)10-36-24(39)13-7-18(43-26(32)33)22-19(8-13)44-27(35)38-22/h2,5-9,14,26,41H,3-4,10-11H2,1H3,(H2,34,40)(H2,35,38)(H,36,39)/t28-,29?/m0/s1. The second-order valence-electron chi connectivity index (χ2n) is 11.0. The van der Waals surface area contributed by atoms with E-state index in [1.807, 2.05) is 0 Å². The average molecular weight is 648 g/mol. The number of nitrogens with zero attached hydrogens (tertiary/aromatic N) is 2. The van der Waals surface area contributed by atoms with Gasteiger partial charge in [0.25, 0.3) is 5.91 Å². The number of nitrogens with two attached hydrogens (primary N) is 2. The second-order valence-corrected chi connectivity index (χ2v) is 12.4. The molecule has 0 radical (unpaired) electrons. The smallest absolute Gasteiger partial charge is 0.387 e. The maximum atomic E-state index is 14.0. The van der Waals surface area contributed by atoms with Crippen LogP contribution in [-0.4, -0.2) is 46.7 Å². The number of primary amides is 1. The topological polar surface area (TPSA) is 163 Å². The van der Waals surface area contributed by atoms with Crippen molar-refractivity contribution in [1.82, 2.24) is 15.3 Å². The van der Waals surface area contributed by atoms with Crippen LogP contribution in [0.5, 0.6) is 11.5 Å². The first kappa shape index (κ1) is 29.9. The van der Waals surface area contributed by atoms with Crippen LogP contribution in [0.4, 0.5) is 18.3 Å². The molecule has 230 valence electrons. The molecule has 10 nitrogen and oxygen atoms in total. The summed E-state index contributed by atoms with van der Waals surface area (Å²) in [5.41, 5.74) is 9.64. The summed E-state index contributed by atoms with van der Waals surface area (Å²) in [4.78, 5) is 34.6. The largest absolute Gasteiger partial charge is 0.489 e. The van der Waals surface area contributed by atoms with Gasteiger partial charge in [-0.25, -0.2) is 14.4 Å². The summed E-state index contributed by atoms with van der Waals surface area (Å²) in [7, 11) is 0. The molecule has 0 bridgehead atoms. The van der Waals surface area contributed by atoms with Crippen molar-refractivity contribution < 1.29 is 37.3 Å². The molecule has 4 aromatic rings. The minimum atomic E-state index is -3.16. The number of hydrogen-bond donors (Lipinski definition) is 4.